The maximum atomic E-state index is 14.1. The number of carbonyl (C=O) groups excluding carboxylic acids is 2. The summed E-state index contributed by atoms with van der Waals surface area (Å²) in [4.78, 5) is 28.7. The van der Waals surface area contributed by atoms with Crippen molar-refractivity contribution in [1.29, 1.82) is 0 Å². The number of para-hydroxylation sites is 1. The summed E-state index contributed by atoms with van der Waals surface area (Å²) in [5.74, 6) is -0.865. The number of amides is 2. The lowest BCUT2D eigenvalue weighted by atomic mass is 10.1. The van der Waals surface area contributed by atoms with Gasteiger partial charge in [0, 0.05) is 23.1 Å². The Morgan fingerprint density at radius 2 is 1.60 bits per heavy atom. The van der Waals surface area contributed by atoms with E-state index >= 15 is 0 Å². The topological polar surface area (TPSA) is 86.8 Å². The Labute approximate surface area is 247 Å². The average molecular weight is 605 g/mol. The van der Waals surface area contributed by atoms with E-state index in [4.69, 9.17) is 23.2 Å². The van der Waals surface area contributed by atoms with E-state index in [9.17, 15) is 18.0 Å². The maximum Gasteiger partial charge on any atom is 0.264 e. The average Bonchev–Trinajstić information content (AvgIpc) is 2.93. The van der Waals surface area contributed by atoms with E-state index < -0.39 is 28.5 Å². The highest BCUT2D eigenvalue weighted by Crippen LogP contribution is 2.29. The lowest BCUT2D eigenvalue weighted by Crippen LogP contribution is -2.52. The third kappa shape index (κ3) is 7.36. The first-order valence-electron chi connectivity index (χ1n) is 13.2. The molecule has 0 fully saturated rings. The van der Waals surface area contributed by atoms with Gasteiger partial charge >= 0.3 is 0 Å². The van der Waals surface area contributed by atoms with Crippen LogP contribution in [-0.2, 0) is 32.6 Å². The van der Waals surface area contributed by atoms with Gasteiger partial charge in [-0.05, 0) is 68.1 Å². The minimum absolute atomic E-state index is 0.00167. The van der Waals surface area contributed by atoms with Crippen LogP contribution in [0.2, 0.25) is 10.0 Å². The van der Waals surface area contributed by atoms with Crippen LogP contribution in [0.1, 0.15) is 43.9 Å². The monoisotopic (exact) mass is 603 g/mol. The number of benzene rings is 3. The van der Waals surface area contributed by atoms with Crippen LogP contribution < -0.4 is 9.62 Å². The molecule has 7 nitrogen and oxygen atoms in total. The van der Waals surface area contributed by atoms with Crippen molar-refractivity contribution in [2.45, 2.75) is 58.0 Å². The Balaban J connectivity index is 2.12. The maximum absolute atomic E-state index is 14.1. The highest BCUT2D eigenvalue weighted by molar-refractivity contribution is 7.92. The molecule has 2 amide bonds. The zero-order chi connectivity index (χ0) is 29.4. The van der Waals surface area contributed by atoms with E-state index in [-0.39, 0.29) is 17.3 Å². The van der Waals surface area contributed by atoms with Gasteiger partial charge in [-0.3, -0.25) is 13.9 Å². The van der Waals surface area contributed by atoms with Crippen molar-refractivity contribution in [3.8, 4) is 0 Å². The van der Waals surface area contributed by atoms with Gasteiger partial charge in [0.1, 0.15) is 12.6 Å². The Kier molecular flexibility index (Phi) is 11.0. The second-order valence-corrected chi connectivity index (χ2v) is 12.1. The first-order valence-corrected chi connectivity index (χ1v) is 15.4. The number of nitrogens with zero attached hydrogens (tertiary/aromatic N) is 2. The molecule has 0 radical (unpaired) electrons. The Bertz CT molecular complexity index is 1450. The summed E-state index contributed by atoms with van der Waals surface area (Å²) in [7, 11) is -4.14. The molecule has 1 unspecified atom stereocenters. The number of rotatable bonds is 12. The molecule has 0 aliphatic rings. The van der Waals surface area contributed by atoms with Crippen LogP contribution in [0.15, 0.2) is 71.6 Å². The summed E-state index contributed by atoms with van der Waals surface area (Å²) in [6.45, 7) is 7.27. The number of nitrogens with one attached hydrogen (secondary N) is 1. The first-order chi connectivity index (χ1) is 19.0. The normalized spacial score (nSPS) is 12.1. The summed E-state index contributed by atoms with van der Waals surface area (Å²) in [6.07, 6.45) is 0.879. The van der Waals surface area contributed by atoms with E-state index in [0.717, 1.165) is 15.4 Å². The molecule has 0 aromatic heterocycles. The lowest BCUT2D eigenvalue weighted by Gasteiger charge is -2.33. The Hall–Kier alpha value is -3.07. The molecule has 1 atom stereocenters. The predicted molar refractivity (Wildman–Crippen MR) is 161 cm³/mol. The van der Waals surface area contributed by atoms with Crippen LogP contribution in [0.25, 0.3) is 0 Å². The molecular formula is C30H35Cl2N3O4S. The molecule has 0 heterocycles. The van der Waals surface area contributed by atoms with Crippen molar-refractivity contribution in [2.24, 2.45) is 0 Å². The van der Waals surface area contributed by atoms with Gasteiger partial charge in [0.15, 0.2) is 0 Å². The molecule has 40 heavy (non-hydrogen) atoms. The highest BCUT2D eigenvalue weighted by Gasteiger charge is 2.34. The fourth-order valence-corrected chi connectivity index (χ4v) is 6.37. The van der Waals surface area contributed by atoms with Crippen molar-refractivity contribution in [1.82, 2.24) is 10.2 Å². The summed E-state index contributed by atoms with van der Waals surface area (Å²) in [6, 6.07) is 17.7. The number of aryl methyl sites for hydroxylation is 2. The quantitative estimate of drug-likeness (QED) is 0.275. The molecule has 0 aliphatic heterocycles. The van der Waals surface area contributed by atoms with Crippen LogP contribution in [0.5, 0.6) is 0 Å². The summed E-state index contributed by atoms with van der Waals surface area (Å²) in [5.41, 5.74) is 2.68. The zero-order valence-corrected chi connectivity index (χ0v) is 25.5. The largest absolute Gasteiger partial charge is 0.355 e. The van der Waals surface area contributed by atoms with Gasteiger partial charge in [-0.15, -0.1) is 0 Å². The number of sulfonamides is 1. The molecule has 0 saturated heterocycles. The van der Waals surface area contributed by atoms with Gasteiger partial charge in [-0.2, -0.15) is 0 Å². The first kappa shape index (κ1) is 31.5. The van der Waals surface area contributed by atoms with Crippen molar-refractivity contribution in [3.63, 3.8) is 0 Å². The summed E-state index contributed by atoms with van der Waals surface area (Å²) in [5, 5.41) is 3.57. The van der Waals surface area contributed by atoms with E-state index in [0.29, 0.717) is 40.7 Å². The van der Waals surface area contributed by atoms with Gasteiger partial charge in [0.2, 0.25) is 11.8 Å². The molecule has 0 saturated carbocycles. The van der Waals surface area contributed by atoms with Crippen LogP contribution in [0.3, 0.4) is 0 Å². The molecule has 3 aromatic rings. The molecule has 0 aliphatic carbocycles. The third-order valence-corrected chi connectivity index (χ3v) is 8.98. The molecule has 214 valence electrons. The van der Waals surface area contributed by atoms with Gasteiger partial charge in [-0.25, -0.2) is 8.42 Å². The molecule has 0 bridgehead atoms. The second-order valence-electron chi connectivity index (χ2n) is 9.38. The van der Waals surface area contributed by atoms with E-state index in [1.807, 2.05) is 26.0 Å². The Morgan fingerprint density at radius 1 is 0.925 bits per heavy atom. The summed E-state index contributed by atoms with van der Waals surface area (Å²) < 4.78 is 29.2. The van der Waals surface area contributed by atoms with Gasteiger partial charge in [-0.1, -0.05) is 79.0 Å². The van der Waals surface area contributed by atoms with E-state index in [2.05, 4.69) is 5.32 Å². The molecule has 3 rings (SSSR count). The van der Waals surface area contributed by atoms with Crippen LogP contribution in [0, 0.1) is 6.92 Å². The number of carbonyl (C=O) groups is 2. The third-order valence-electron chi connectivity index (χ3n) is 6.62. The van der Waals surface area contributed by atoms with Gasteiger partial charge in [0.05, 0.1) is 10.6 Å². The fourth-order valence-electron chi connectivity index (χ4n) is 4.45. The minimum Gasteiger partial charge on any atom is -0.355 e. The Morgan fingerprint density at radius 3 is 2.20 bits per heavy atom. The molecule has 3 aromatic carbocycles. The molecular weight excluding hydrogens is 569 g/mol. The standard InChI is InChI=1S/C30H35Cl2N3O4S/c1-5-22-10-8-9-11-28(22)35(40(38,39)25-16-12-21(4)13-17-25)20-29(36)34(27(6-2)30(37)33-7-3)19-23-14-15-24(31)18-26(23)32/h8-18,27H,5-7,19-20H2,1-4H3,(H,33,37). The lowest BCUT2D eigenvalue weighted by molar-refractivity contribution is -0.140. The predicted octanol–water partition coefficient (Wildman–Crippen LogP) is 6.00. The number of hydrogen-bond acceptors (Lipinski definition) is 4. The van der Waals surface area contributed by atoms with Crippen LogP contribution in [0.4, 0.5) is 5.69 Å². The van der Waals surface area contributed by atoms with E-state index in [1.165, 1.54) is 17.0 Å². The van der Waals surface area contributed by atoms with Crippen molar-refractivity contribution in [2.75, 3.05) is 17.4 Å². The number of halogens is 2. The van der Waals surface area contributed by atoms with Gasteiger partial charge in [0.25, 0.3) is 10.0 Å². The molecule has 0 spiro atoms. The number of likely N-dealkylation sites (N-methyl/N-ethyl adjacent to an activating group) is 1. The summed E-state index contributed by atoms with van der Waals surface area (Å²) >= 11 is 12.5. The number of anilines is 1. The second kappa shape index (κ2) is 14.0. The SMILES string of the molecule is CCNC(=O)C(CC)N(Cc1ccc(Cl)cc1Cl)C(=O)CN(c1ccccc1CC)S(=O)(=O)c1ccc(C)cc1. The van der Waals surface area contributed by atoms with Gasteiger partial charge < -0.3 is 10.2 Å². The van der Waals surface area contributed by atoms with Crippen molar-refractivity contribution in [3.05, 3.63) is 93.5 Å². The van der Waals surface area contributed by atoms with Crippen LogP contribution >= 0.6 is 23.2 Å². The van der Waals surface area contributed by atoms with Crippen molar-refractivity contribution < 1.29 is 18.0 Å². The highest BCUT2D eigenvalue weighted by atomic mass is 35.5. The van der Waals surface area contributed by atoms with E-state index in [1.54, 1.807) is 56.3 Å². The molecule has 1 N–H and O–H groups in total. The smallest absolute Gasteiger partial charge is 0.264 e. The zero-order valence-electron chi connectivity index (χ0n) is 23.2. The molecule has 10 heteroatoms. The van der Waals surface area contributed by atoms with Crippen molar-refractivity contribution >= 4 is 50.7 Å². The number of hydrogen-bond donors (Lipinski definition) is 1. The van der Waals surface area contributed by atoms with Crippen LogP contribution in [-0.4, -0.2) is 44.3 Å². The fraction of sp³-hybridized carbons (Fsp3) is 0.333. The minimum atomic E-state index is -4.14.